The summed E-state index contributed by atoms with van der Waals surface area (Å²) in [7, 11) is 0. The van der Waals surface area contributed by atoms with Crippen molar-refractivity contribution in [1.82, 2.24) is 25.4 Å². The Morgan fingerprint density at radius 3 is 2.94 bits per heavy atom. The van der Waals surface area contributed by atoms with Gasteiger partial charge >= 0.3 is 0 Å². The van der Waals surface area contributed by atoms with Crippen molar-refractivity contribution in [1.29, 1.82) is 0 Å². The summed E-state index contributed by atoms with van der Waals surface area (Å²) in [4.78, 5) is 39.3. The van der Waals surface area contributed by atoms with Crippen LogP contribution in [0.1, 0.15) is 79.5 Å². The number of aromatic nitrogens is 4. The highest BCUT2D eigenvalue weighted by atomic mass is 32.2. The lowest BCUT2D eigenvalue weighted by Gasteiger charge is -2.18. The minimum absolute atomic E-state index is 0.0346. The van der Waals surface area contributed by atoms with E-state index in [4.69, 9.17) is 4.52 Å². The number of thioether (sulfide) groups is 1. The number of fused-ring (bicyclic) bond motifs is 3. The van der Waals surface area contributed by atoms with Crippen molar-refractivity contribution in [3.05, 3.63) is 38.3 Å². The van der Waals surface area contributed by atoms with Crippen LogP contribution in [0.5, 0.6) is 0 Å². The van der Waals surface area contributed by atoms with Crippen LogP contribution in [0.3, 0.4) is 0 Å². The molecule has 0 aromatic carbocycles. The predicted molar refractivity (Wildman–Crippen MR) is 125 cm³/mol. The van der Waals surface area contributed by atoms with Gasteiger partial charge in [0.25, 0.3) is 5.56 Å². The van der Waals surface area contributed by atoms with Crippen LogP contribution in [0.15, 0.2) is 9.32 Å². The molecule has 0 radical (unpaired) electrons. The number of nitrogens with one attached hydrogen (secondary N) is 2. The Bertz CT molecular complexity index is 1190. The second-order valence-electron chi connectivity index (χ2n) is 8.91. The lowest BCUT2D eigenvalue weighted by Crippen LogP contribution is -2.32. The van der Waals surface area contributed by atoms with Crippen molar-refractivity contribution < 1.29 is 9.32 Å². The van der Waals surface area contributed by atoms with Crippen LogP contribution in [0.2, 0.25) is 0 Å². The fourth-order valence-corrected chi connectivity index (χ4v) is 6.17. The lowest BCUT2D eigenvalue weighted by molar-refractivity contribution is -0.122. The van der Waals surface area contributed by atoms with Gasteiger partial charge in [-0.3, -0.25) is 9.59 Å². The average Bonchev–Trinajstić information content (AvgIpc) is 3.15. The van der Waals surface area contributed by atoms with Crippen molar-refractivity contribution >= 4 is 39.2 Å². The van der Waals surface area contributed by atoms with E-state index in [9.17, 15) is 9.59 Å². The fraction of sp³-hybridized carbons (Fsp3) is 0.591. The molecule has 2 aliphatic rings. The molecule has 1 unspecified atom stereocenters. The van der Waals surface area contributed by atoms with E-state index in [-0.39, 0.29) is 23.4 Å². The first-order valence-electron chi connectivity index (χ1n) is 11.2. The molecule has 1 amide bonds. The third-order valence-corrected chi connectivity index (χ3v) is 8.14. The smallest absolute Gasteiger partial charge is 0.259 e. The zero-order valence-corrected chi connectivity index (χ0v) is 19.9. The quantitative estimate of drug-likeness (QED) is 0.454. The molecule has 1 saturated carbocycles. The lowest BCUT2D eigenvalue weighted by atomic mass is 10.0. The van der Waals surface area contributed by atoms with Gasteiger partial charge in [0, 0.05) is 23.0 Å². The summed E-state index contributed by atoms with van der Waals surface area (Å²) in [5.74, 6) is 3.64. The van der Waals surface area contributed by atoms with Crippen LogP contribution in [0.4, 0.5) is 0 Å². The summed E-state index contributed by atoms with van der Waals surface area (Å²) in [6.07, 6.45) is 5.75. The van der Waals surface area contributed by atoms with Gasteiger partial charge in [0.05, 0.1) is 11.1 Å². The summed E-state index contributed by atoms with van der Waals surface area (Å²) in [6.45, 7) is 4.05. The van der Waals surface area contributed by atoms with Gasteiger partial charge in [-0.25, -0.2) is 4.98 Å². The van der Waals surface area contributed by atoms with Crippen molar-refractivity contribution in [3.8, 4) is 0 Å². The van der Waals surface area contributed by atoms with Gasteiger partial charge in [0.1, 0.15) is 16.7 Å². The number of aromatic amines is 1. The number of amides is 1. The molecule has 3 heterocycles. The number of thiophene rings is 1. The molecule has 3 aromatic rings. The number of aryl methyl sites for hydroxylation is 2. The van der Waals surface area contributed by atoms with Crippen molar-refractivity contribution in [2.45, 2.75) is 70.1 Å². The van der Waals surface area contributed by atoms with E-state index < -0.39 is 0 Å². The second-order valence-corrected chi connectivity index (χ2v) is 11.1. The van der Waals surface area contributed by atoms with Gasteiger partial charge in [0.2, 0.25) is 11.8 Å². The minimum Gasteiger partial charge on any atom is -0.344 e. The maximum Gasteiger partial charge on any atom is 0.259 e. The van der Waals surface area contributed by atoms with E-state index in [0.717, 1.165) is 48.1 Å². The molecule has 1 fully saturated rings. The molecule has 1 atom stereocenters. The molecule has 170 valence electrons. The molecule has 0 bridgehead atoms. The zero-order chi connectivity index (χ0) is 22.2. The van der Waals surface area contributed by atoms with Gasteiger partial charge in [-0.2, -0.15) is 16.7 Å². The molecule has 2 aliphatic carbocycles. The Morgan fingerprint density at radius 2 is 2.16 bits per heavy atom. The van der Waals surface area contributed by atoms with E-state index >= 15 is 0 Å². The number of carbonyl (C=O) groups excluding carboxylic acids is 1. The maximum atomic E-state index is 12.5. The number of hydrogen-bond donors (Lipinski definition) is 2. The predicted octanol–water partition coefficient (Wildman–Crippen LogP) is 3.87. The molecule has 5 rings (SSSR count). The number of H-pyrrole nitrogens is 1. The minimum atomic E-state index is -0.284. The SMILES string of the molecule is CC(C)C(NC(=O)CCSCc1nc2sc3c(c2c(=O)[nH]1)CCC3)c1nc(C2CC2)no1. The van der Waals surface area contributed by atoms with E-state index in [0.29, 0.717) is 35.6 Å². The van der Waals surface area contributed by atoms with Crippen molar-refractivity contribution in [2.75, 3.05) is 5.75 Å². The van der Waals surface area contributed by atoms with Crippen LogP contribution in [-0.4, -0.2) is 31.8 Å². The van der Waals surface area contributed by atoms with Crippen molar-refractivity contribution in [2.24, 2.45) is 5.92 Å². The first-order chi connectivity index (χ1) is 15.5. The largest absolute Gasteiger partial charge is 0.344 e. The number of rotatable bonds is 9. The van der Waals surface area contributed by atoms with Gasteiger partial charge < -0.3 is 14.8 Å². The van der Waals surface area contributed by atoms with Crippen molar-refractivity contribution in [3.63, 3.8) is 0 Å². The maximum absolute atomic E-state index is 12.5. The van der Waals surface area contributed by atoms with Gasteiger partial charge in [-0.05, 0) is 43.6 Å². The molecular formula is C22H27N5O3S2. The Kier molecular flexibility index (Phi) is 6.07. The Labute approximate surface area is 194 Å². The molecule has 0 aliphatic heterocycles. The highest BCUT2D eigenvalue weighted by Gasteiger charge is 2.31. The van der Waals surface area contributed by atoms with Crippen LogP contribution in [0, 0.1) is 5.92 Å². The summed E-state index contributed by atoms with van der Waals surface area (Å²) >= 11 is 3.24. The number of carbonyl (C=O) groups is 1. The molecule has 2 N–H and O–H groups in total. The standard InChI is InChI=1S/C22H27N5O3S2/c1-11(2)18(21-26-19(27-30-21)12-6-7-12)25-16(28)8-9-31-10-15-23-20(29)17-13-4-3-5-14(13)32-22(17)24-15/h11-12,18H,3-10H2,1-2H3,(H,25,28)(H,23,24,29). The molecular weight excluding hydrogens is 446 g/mol. The Morgan fingerprint density at radius 1 is 1.31 bits per heavy atom. The first-order valence-corrected chi connectivity index (χ1v) is 13.2. The third kappa shape index (κ3) is 4.47. The van der Waals surface area contributed by atoms with Crippen LogP contribution >= 0.6 is 23.1 Å². The summed E-state index contributed by atoms with van der Waals surface area (Å²) in [5, 5.41) is 7.88. The normalized spacial score (nSPS) is 16.6. The van der Waals surface area contributed by atoms with Gasteiger partial charge in [0.15, 0.2) is 5.82 Å². The fourth-order valence-electron chi connectivity index (χ4n) is 4.09. The molecule has 32 heavy (non-hydrogen) atoms. The second kappa shape index (κ2) is 8.97. The Balaban J connectivity index is 1.14. The highest BCUT2D eigenvalue weighted by Crippen LogP contribution is 2.39. The Hall–Kier alpha value is -2.20. The number of hydrogen-bond acceptors (Lipinski definition) is 8. The molecule has 8 nitrogen and oxygen atoms in total. The average molecular weight is 474 g/mol. The molecule has 10 heteroatoms. The molecule has 3 aromatic heterocycles. The summed E-state index contributed by atoms with van der Waals surface area (Å²) in [5.41, 5.74) is 1.16. The first kappa shape index (κ1) is 21.6. The van der Waals surface area contributed by atoms with Crippen LogP contribution < -0.4 is 10.9 Å². The zero-order valence-electron chi connectivity index (χ0n) is 18.3. The summed E-state index contributed by atoms with van der Waals surface area (Å²) < 4.78 is 5.42. The number of nitrogens with zero attached hydrogens (tertiary/aromatic N) is 3. The monoisotopic (exact) mass is 473 g/mol. The van der Waals surface area contributed by atoms with E-state index in [2.05, 4.69) is 25.4 Å². The van der Waals surface area contributed by atoms with E-state index in [1.165, 1.54) is 10.4 Å². The van der Waals surface area contributed by atoms with E-state index in [1.54, 1.807) is 23.1 Å². The van der Waals surface area contributed by atoms with Gasteiger partial charge in [-0.1, -0.05) is 19.0 Å². The van der Waals surface area contributed by atoms with Crippen LogP contribution in [-0.2, 0) is 23.4 Å². The molecule has 0 spiro atoms. The molecule has 0 saturated heterocycles. The van der Waals surface area contributed by atoms with E-state index in [1.807, 2.05) is 13.8 Å². The summed E-state index contributed by atoms with van der Waals surface area (Å²) in [6, 6.07) is -0.284. The van der Waals surface area contributed by atoms with Crippen LogP contribution in [0.25, 0.3) is 10.2 Å². The highest BCUT2D eigenvalue weighted by molar-refractivity contribution is 7.98. The third-order valence-electron chi connectivity index (χ3n) is 5.99. The topological polar surface area (TPSA) is 114 Å². The van der Waals surface area contributed by atoms with Gasteiger partial charge in [-0.15, -0.1) is 11.3 Å².